The maximum Gasteiger partial charge on any atom is 0.336 e. The zero-order valence-electron chi connectivity index (χ0n) is 19.3. The van der Waals surface area contributed by atoms with E-state index >= 15 is 0 Å². The van der Waals surface area contributed by atoms with E-state index in [-0.39, 0.29) is 12.0 Å². The third kappa shape index (κ3) is 13.5. The van der Waals surface area contributed by atoms with Gasteiger partial charge in [0.15, 0.2) is 0 Å². The molecule has 0 spiro atoms. The molecule has 0 saturated carbocycles. The highest BCUT2D eigenvalue weighted by Crippen LogP contribution is 2.31. The van der Waals surface area contributed by atoms with E-state index in [2.05, 4.69) is 25.2 Å². The number of aliphatic carboxylic acids is 1. The molecule has 0 radical (unpaired) electrons. The fraction of sp³-hybridized carbons (Fsp3) is 0.407. The van der Waals surface area contributed by atoms with Crippen LogP contribution in [0.4, 0.5) is 0 Å². The van der Waals surface area contributed by atoms with E-state index in [0.29, 0.717) is 17.7 Å². The van der Waals surface area contributed by atoms with Gasteiger partial charge >= 0.3 is 11.9 Å². The Labute approximate surface area is 201 Å². The molecule has 5 nitrogen and oxygen atoms in total. The average Bonchev–Trinajstić information content (AvgIpc) is 2.78. The lowest BCUT2D eigenvalue weighted by atomic mass is 10.1. The molecule has 0 heterocycles. The summed E-state index contributed by atoms with van der Waals surface area (Å²) in [6.45, 7) is 2.20. The van der Waals surface area contributed by atoms with Gasteiger partial charge in [-0.1, -0.05) is 80.5 Å². The Bertz CT molecular complexity index is 826. The summed E-state index contributed by atoms with van der Waals surface area (Å²) >= 11 is 1.27. The maximum absolute atomic E-state index is 11.5. The largest absolute Gasteiger partial charge is 0.481 e. The molecule has 0 aromatic heterocycles. The summed E-state index contributed by atoms with van der Waals surface area (Å²) in [7, 11) is 0. The van der Waals surface area contributed by atoms with Crippen molar-refractivity contribution in [3.63, 3.8) is 0 Å². The van der Waals surface area contributed by atoms with Crippen molar-refractivity contribution in [2.45, 2.75) is 74.5 Å². The summed E-state index contributed by atoms with van der Waals surface area (Å²) in [5, 5.41) is 28.5. The van der Waals surface area contributed by atoms with E-state index < -0.39 is 23.3 Å². The van der Waals surface area contributed by atoms with Crippen molar-refractivity contribution in [2.75, 3.05) is 0 Å². The van der Waals surface area contributed by atoms with Crippen molar-refractivity contribution in [1.29, 1.82) is 0 Å². The molecule has 33 heavy (non-hydrogen) atoms. The number of allylic oxidation sites excluding steroid dienone is 7. The third-order valence-corrected chi connectivity index (χ3v) is 6.19. The summed E-state index contributed by atoms with van der Waals surface area (Å²) < 4.78 is 0. The van der Waals surface area contributed by atoms with Crippen LogP contribution >= 0.6 is 11.8 Å². The van der Waals surface area contributed by atoms with Crippen LogP contribution in [0.3, 0.4) is 0 Å². The summed E-state index contributed by atoms with van der Waals surface area (Å²) in [6.07, 6.45) is 21.4. The second-order valence-corrected chi connectivity index (χ2v) is 8.86. The van der Waals surface area contributed by atoms with Crippen molar-refractivity contribution < 1.29 is 24.9 Å². The molecule has 0 amide bonds. The van der Waals surface area contributed by atoms with Gasteiger partial charge < -0.3 is 15.3 Å². The zero-order chi connectivity index (χ0) is 24.3. The highest BCUT2D eigenvalue weighted by atomic mass is 32.2. The molecule has 0 bridgehead atoms. The smallest absolute Gasteiger partial charge is 0.336 e. The van der Waals surface area contributed by atoms with E-state index in [1.807, 2.05) is 30.4 Å². The molecule has 0 aliphatic carbocycles. The second kappa shape index (κ2) is 17.9. The Morgan fingerprint density at radius 2 is 1.73 bits per heavy atom. The quantitative estimate of drug-likeness (QED) is 0.102. The van der Waals surface area contributed by atoms with Crippen LogP contribution in [0.5, 0.6) is 0 Å². The fourth-order valence-electron chi connectivity index (χ4n) is 3.03. The Hall–Kier alpha value is -2.57. The molecule has 0 aliphatic heterocycles. The maximum atomic E-state index is 11.5. The Morgan fingerprint density at radius 3 is 2.45 bits per heavy atom. The number of hydrogen-bond donors (Lipinski definition) is 3. The molecule has 3 N–H and O–H groups in total. The standard InChI is InChI=1S/C27H36O5S/c1-2-3-4-5-6-7-8-9-10-11-12-13-20-25(23(28)18-16-21-26(29)30)33-24-19-15-14-17-22(24)27(31)32/h6-7,9-15,17,19-20,23,25,28H,2-5,8,16,18,21H2,1H3,(H,29,30)(H,31,32)/b7-6-,10-9-,12-11+,20-13+/t23-,25+/m0/s1. The van der Waals surface area contributed by atoms with Crippen LogP contribution in [0.1, 0.15) is 68.6 Å². The van der Waals surface area contributed by atoms with Gasteiger partial charge in [-0.2, -0.15) is 0 Å². The minimum atomic E-state index is -1.02. The number of thioether (sulfide) groups is 1. The summed E-state index contributed by atoms with van der Waals surface area (Å²) in [5.41, 5.74) is 0.180. The van der Waals surface area contributed by atoms with Crippen LogP contribution in [0, 0.1) is 0 Å². The van der Waals surface area contributed by atoms with E-state index in [1.54, 1.807) is 18.2 Å². The molecule has 0 saturated heterocycles. The molecule has 0 fully saturated rings. The van der Waals surface area contributed by atoms with Gasteiger partial charge in [0.1, 0.15) is 0 Å². The van der Waals surface area contributed by atoms with E-state index in [1.165, 1.54) is 37.1 Å². The van der Waals surface area contributed by atoms with E-state index in [4.69, 9.17) is 5.11 Å². The van der Waals surface area contributed by atoms with Crippen molar-refractivity contribution in [1.82, 2.24) is 0 Å². The van der Waals surface area contributed by atoms with Gasteiger partial charge in [-0.05, 0) is 44.2 Å². The first kappa shape index (κ1) is 28.5. The number of aliphatic hydroxyl groups excluding tert-OH is 1. The monoisotopic (exact) mass is 472 g/mol. The van der Waals surface area contributed by atoms with Crippen LogP contribution in [-0.2, 0) is 4.79 Å². The summed E-state index contributed by atoms with van der Waals surface area (Å²) in [5.74, 6) is -1.92. The number of carboxylic acids is 2. The van der Waals surface area contributed by atoms with Crippen LogP contribution in [0.2, 0.25) is 0 Å². The van der Waals surface area contributed by atoms with Crippen LogP contribution < -0.4 is 0 Å². The van der Waals surface area contributed by atoms with Gasteiger partial charge in [0.05, 0.1) is 16.9 Å². The molecule has 180 valence electrons. The Morgan fingerprint density at radius 1 is 0.970 bits per heavy atom. The van der Waals surface area contributed by atoms with Gasteiger partial charge in [0, 0.05) is 11.3 Å². The number of rotatable bonds is 17. The third-order valence-electron chi connectivity index (χ3n) is 4.83. The highest BCUT2D eigenvalue weighted by Gasteiger charge is 2.20. The first-order chi connectivity index (χ1) is 16.0. The highest BCUT2D eigenvalue weighted by molar-refractivity contribution is 8.00. The number of carbonyl (C=O) groups is 2. The van der Waals surface area contributed by atoms with Crippen molar-refractivity contribution in [2.24, 2.45) is 0 Å². The summed E-state index contributed by atoms with van der Waals surface area (Å²) in [4.78, 5) is 22.8. The van der Waals surface area contributed by atoms with Gasteiger partial charge in [-0.15, -0.1) is 11.8 Å². The molecule has 0 aliphatic rings. The topological polar surface area (TPSA) is 94.8 Å². The molecule has 0 unspecified atom stereocenters. The molecule has 2 atom stereocenters. The minimum absolute atomic E-state index is 0.0123. The van der Waals surface area contributed by atoms with Crippen LogP contribution in [0.25, 0.3) is 0 Å². The minimum Gasteiger partial charge on any atom is -0.481 e. The lowest BCUT2D eigenvalue weighted by molar-refractivity contribution is -0.137. The van der Waals surface area contributed by atoms with Gasteiger partial charge in [-0.3, -0.25) is 4.79 Å². The lowest BCUT2D eigenvalue weighted by Crippen LogP contribution is -2.21. The Kier molecular flexibility index (Phi) is 15.5. The van der Waals surface area contributed by atoms with Gasteiger partial charge in [0.25, 0.3) is 0 Å². The van der Waals surface area contributed by atoms with Gasteiger partial charge in [0.2, 0.25) is 0 Å². The SMILES string of the molecule is CCCCC/C=C\C\C=C/C=C/C=C/[C@@H](Sc1ccccc1C(=O)O)[C@@H](O)CCCC(=O)O. The van der Waals surface area contributed by atoms with Crippen molar-refractivity contribution in [3.8, 4) is 0 Å². The number of aliphatic hydroxyl groups is 1. The first-order valence-corrected chi connectivity index (χ1v) is 12.4. The number of benzene rings is 1. The Balaban J connectivity index is 2.70. The molecule has 1 aromatic rings. The lowest BCUT2D eigenvalue weighted by Gasteiger charge is -2.20. The average molecular weight is 473 g/mol. The number of hydrogen-bond acceptors (Lipinski definition) is 4. The van der Waals surface area contributed by atoms with E-state index in [0.717, 1.165) is 12.8 Å². The first-order valence-electron chi connectivity index (χ1n) is 11.5. The number of carboxylic acid groups (broad SMARTS) is 2. The van der Waals surface area contributed by atoms with Gasteiger partial charge in [-0.25, -0.2) is 4.79 Å². The van der Waals surface area contributed by atoms with Crippen LogP contribution in [0.15, 0.2) is 77.8 Å². The van der Waals surface area contributed by atoms with Crippen molar-refractivity contribution in [3.05, 3.63) is 78.4 Å². The zero-order valence-corrected chi connectivity index (χ0v) is 20.1. The summed E-state index contributed by atoms with van der Waals surface area (Å²) in [6, 6.07) is 6.67. The fourth-order valence-corrected chi connectivity index (χ4v) is 4.22. The predicted octanol–water partition coefficient (Wildman–Crippen LogP) is 6.66. The van der Waals surface area contributed by atoms with Crippen LogP contribution in [-0.4, -0.2) is 38.6 Å². The molecular formula is C27H36O5S. The normalized spacial score (nSPS) is 14.0. The molecule has 1 rings (SSSR count). The molecular weight excluding hydrogens is 436 g/mol. The molecule has 6 heteroatoms. The van der Waals surface area contributed by atoms with Crippen molar-refractivity contribution >= 4 is 23.7 Å². The number of aromatic carboxylic acids is 1. The van der Waals surface area contributed by atoms with E-state index in [9.17, 15) is 19.8 Å². The second-order valence-electron chi connectivity index (χ2n) is 7.64. The predicted molar refractivity (Wildman–Crippen MR) is 136 cm³/mol. The number of unbranched alkanes of at least 4 members (excludes halogenated alkanes) is 3. The molecule has 1 aromatic carbocycles.